The highest BCUT2D eigenvalue weighted by Crippen LogP contribution is 2.33. The normalized spacial score (nSPS) is 31.2. The van der Waals surface area contributed by atoms with Crippen molar-refractivity contribution in [2.45, 2.75) is 32.0 Å². The summed E-state index contributed by atoms with van der Waals surface area (Å²) in [5.74, 6) is 0.657. The molecule has 3 rings (SSSR count). The van der Waals surface area contributed by atoms with Crippen molar-refractivity contribution in [3.05, 3.63) is 30.1 Å². The summed E-state index contributed by atoms with van der Waals surface area (Å²) in [4.78, 5) is 18.3. The summed E-state index contributed by atoms with van der Waals surface area (Å²) in [5, 5.41) is 0. The number of ether oxygens (including phenoxy) is 1. The second kappa shape index (κ2) is 4.69. The highest BCUT2D eigenvalue weighted by molar-refractivity contribution is 5.92. The minimum atomic E-state index is 0.0252. The lowest BCUT2D eigenvalue weighted by molar-refractivity contribution is 0.00138. The Kier molecular flexibility index (Phi) is 3.04. The average Bonchev–Trinajstić information content (AvgIpc) is 2.78. The molecule has 4 nitrogen and oxygen atoms in total. The van der Waals surface area contributed by atoms with Gasteiger partial charge in [0.1, 0.15) is 5.69 Å². The maximum absolute atomic E-state index is 12.3. The van der Waals surface area contributed by atoms with Crippen LogP contribution in [-0.2, 0) is 4.74 Å². The molecule has 3 atom stereocenters. The predicted octanol–water partition coefficient (Wildman–Crippen LogP) is 1.72. The van der Waals surface area contributed by atoms with Gasteiger partial charge in [0.25, 0.3) is 5.91 Å². The molecule has 3 heterocycles. The van der Waals surface area contributed by atoms with Crippen LogP contribution in [0.1, 0.15) is 30.3 Å². The number of hydrogen-bond donors (Lipinski definition) is 0. The van der Waals surface area contributed by atoms with Crippen molar-refractivity contribution in [3.63, 3.8) is 0 Å². The molecule has 0 N–H and O–H groups in total. The smallest absolute Gasteiger partial charge is 0.272 e. The van der Waals surface area contributed by atoms with Crippen molar-refractivity contribution < 1.29 is 9.53 Å². The van der Waals surface area contributed by atoms with E-state index in [0.717, 1.165) is 19.4 Å². The molecule has 2 fully saturated rings. The van der Waals surface area contributed by atoms with Crippen LogP contribution in [0, 0.1) is 5.92 Å². The Morgan fingerprint density at radius 2 is 2.39 bits per heavy atom. The van der Waals surface area contributed by atoms with Crippen LogP contribution in [-0.4, -0.2) is 41.1 Å². The lowest BCUT2D eigenvalue weighted by Crippen LogP contribution is -2.45. The largest absolute Gasteiger partial charge is 0.373 e. The zero-order valence-electron chi connectivity index (χ0n) is 10.6. The second-order valence-corrected chi connectivity index (χ2v) is 5.24. The summed E-state index contributed by atoms with van der Waals surface area (Å²) in [6, 6.07) is 5.44. The first-order valence-corrected chi connectivity index (χ1v) is 6.60. The molecular formula is C14H18N2O2. The van der Waals surface area contributed by atoms with Crippen LogP contribution in [0.4, 0.5) is 0 Å². The topological polar surface area (TPSA) is 42.4 Å². The summed E-state index contributed by atoms with van der Waals surface area (Å²) in [6.07, 6.45) is 4.41. The van der Waals surface area contributed by atoms with Gasteiger partial charge >= 0.3 is 0 Å². The van der Waals surface area contributed by atoms with Crippen LogP contribution in [0.5, 0.6) is 0 Å². The molecule has 4 heteroatoms. The van der Waals surface area contributed by atoms with Crippen molar-refractivity contribution in [3.8, 4) is 0 Å². The highest BCUT2D eigenvalue weighted by atomic mass is 16.5. The Bertz CT molecular complexity index is 435. The summed E-state index contributed by atoms with van der Waals surface area (Å²) in [6.45, 7) is 3.65. The first-order chi connectivity index (χ1) is 8.74. The Labute approximate surface area is 107 Å². The SMILES string of the molecule is C[C@@H]1C[C@H]2CCN(C(=O)c3ccccn3)C[C@@H]2O1. The molecule has 1 amide bonds. The van der Waals surface area contributed by atoms with Gasteiger partial charge in [-0.15, -0.1) is 0 Å². The highest BCUT2D eigenvalue weighted by Gasteiger charge is 2.38. The van der Waals surface area contributed by atoms with Crippen LogP contribution < -0.4 is 0 Å². The summed E-state index contributed by atoms with van der Waals surface area (Å²) in [5.41, 5.74) is 0.530. The number of likely N-dealkylation sites (tertiary alicyclic amines) is 1. The maximum Gasteiger partial charge on any atom is 0.272 e. The van der Waals surface area contributed by atoms with E-state index < -0.39 is 0 Å². The molecule has 0 saturated carbocycles. The van der Waals surface area contributed by atoms with Gasteiger partial charge in [0.15, 0.2) is 0 Å². The number of carbonyl (C=O) groups excluding carboxylic acids is 1. The van der Waals surface area contributed by atoms with E-state index >= 15 is 0 Å². The van der Waals surface area contributed by atoms with Gasteiger partial charge < -0.3 is 9.64 Å². The molecular weight excluding hydrogens is 228 g/mol. The van der Waals surface area contributed by atoms with Crippen LogP contribution in [0.15, 0.2) is 24.4 Å². The van der Waals surface area contributed by atoms with Gasteiger partial charge in [0.05, 0.1) is 12.2 Å². The summed E-state index contributed by atoms with van der Waals surface area (Å²) in [7, 11) is 0. The third-order valence-corrected chi connectivity index (χ3v) is 3.91. The molecule has 0 unspecified atom stereocenters. The molecule has 96 valence electrons. The van der Waals surface area contributed by atoms with Crippen LogP contribution in [0.3, 0.4) is 0 Å². The Hall–Kier alpha value is -1.42. The maximum atomic E-state index is 12.3. The van der Waals surface area contributed by atoms with E-state index in [9.17, 15) is 4.79 Å². The summed E-state index contributed by atoms with van der Waals surface area (Å²) < 4.78 is 5.87. The molecule has 1 aromatic heterocycles. The van der Waals surface area contributed by atoms with Crippen LogP contribution in [0.25, 0.3) is 0 Å². The Balaban J connectivity index is 1.70. The predicted molar refractivity (Wildman–Crippen MR) is 67.2 cm³/mol. The van der Waals surface area contributed by atoms with Crippen molar-refractivity contribution in [1.82, 2.24) is 9.88 Å². The second-order valence-electron chi connectivity index (χ2n) is 5.24. The number of aromatic nitrogens is 1. The number of carbonyl (C=O) groups is 1. The third-order valence-electron chi connectivity index (χ3n) is 3.91. The minimum absolute atomic E-state index is 0.0252. The Morgan fingerprint density at radius 3 is 3.17 bits per heavy atom. The zero-order chi connectivity index (χ0) is 12.5. The van der Waals surface area contributed by atoms with E-state index in [1.54, 1.807) is 12.3 Å². The van der Waals surface area contributed by atoms with E-state index in [2.05, 4.69) is 11.9 Å². The van der Waals surface area contributed by atoms with Crippen LogP contribution in [0.2, 0.25) is 0 Å². The van der Waals surface area contributed by atoms with Crippen molar-refractivity contribution in [1.29, 1.82) is 0 Å². The number of hydrogen-bond acceptors (Lipinski definition) is 3. The number of piperidine rings is 1. The fourth-order valence-corrected chi connectivity index (χ4v) is 3.00. The van der Waals surface area contributed by atoms with Gasteiger partial charge in [-0.3, -0.25) is 9.78 Å². The summed E-state index contributed by atoms with van der Waals surface area (Å²) >= 11 is 0. The number of rotatable bonds is 1. The molecule has 2 aliphatic heterocycles. The molecule has 0 bridgehead atoms. The molecule has 1 aromatic rings. The average molecular weight is 246 g/mol. The van der Waals surface area contributed by atoms with E-state index in [0.29, 0.717) is 24.3 Å². The van der Waals surface area contributed by atoms with E-state index in [-0.39, 0.29) is 12.0 Å². The lowest BCUT2D eigenvalue weighted by Gasteiger charge is -2.33. The standard InChI is InChI=1S/C14H18N2O2/c1-10-8-11-5-7-16(9-13(11)18-10)14(17)12-4-2-3-6-15-12/h2-4,6,10-11,13H,5,7-9H2,1H3/t10-,11-,13+/m1/s1. The van der Waals surface area contributed by atoms with Gasteiger partial charge in [-0.2, -0.15) is 0 Å². The molecule has 2 aliphatic rings. The van der Waals surface area contributed by atoms with Gasteiger partial charge in [-0.25, -0.2) is 0 Å². The quantitative estimate of drug-likeness (QED) is 0.757. The molecule has 0 aromatic carbocycles. The third kappa shape index (κ3) is 2.12. The fraction of sp³-hybridized carbons (Fsp3) is 0.571. The lowest BCUT2D eigenvalue weighted by atomic mass is 9.92. The van der Waals surface area contributed by atoms with Gasteiger partial charge in [-0.1, -0.05) is 6.07 Å². The molecule has 0 radical (unpaired) electrons. The van der Waals surface area contributed by atoms with E-state index in [4.69, 9.17) is 4.74 Å². The Morgan fingerprint density at radius 1 is 1.50 bits per heavy atom. The van der Waals surface area contributed by atoms with E-state index in [1.807, 2.05) is 17.0 Å². The van der Waals surface area contributed by atoms with Crippen molar-refractivity contribution in [2.75, 3.05) is 13.1 Å². The monoisotopic (exact) mass is 246 g/mol. The van der Waals surface area contributed by atoms with Crippen LogP contribution >= 0.6 is 0 Å². The van der Waals surface area contributed by atoms with Gasteiger partial charge in [-0.05, 0) is 37.8 Å². The first-order valence-electron chi connectivity index (χ1n) is 6.60. The van der Waals surface area contributed by atoms with Gasteiger partial charge in [0, 0.05) is 19.3 Å². The number of pyridine rings is 1. The number of fused-ring (bicyclic) bond motifs is 1. The number of amides is 1. The molecule has 0 aliphatic carbocycles. The molecule has 2 saturated heterocycles. The van der Waals surface area contributed by atoms with Crippen molar-refractivity contribution >= 4 is 5.91 Å². The number of nitrogens with zero attached hydrogens (tertiary/aromatic N) is 2. The van der Waals surface area contributed by atoms with Crippen molar-refractivity contribution in [2.24, 2.45) is 5.92 Å². The molecule has 18 heavy (non-hydrogen) atoms. The fourth-order valence-electron chi connectivity index (χ4n) is 3.00. The molecule has 0 spiro atoms. The van der Waals surface area contributed by atoms with Gasteiger partial charge in [0.2, 0.25) is 0 Å². The van der Waals surface area contributed by atoms with E-state index in [1.165, 1.54) is 0 Å². The first kappa shape index (κ1) is 11.7. The minimum Gasteiger partial charge on any atom is -0.373 e. The zero-order valence-corrected chi connectivity index (χ0v) is 10.6.